The summed E-state index contributed by atoms with van der Waals surface area (Å²) in [6.07, 6.45) is 6.08. The summed E-state index contributed by atoms with van der Waals surface area (Å²) in [5, 5.41) is 3.50. The highest BCUT2D eigenvalue weighted by atomic mass is 32.2. The van der Waals surface area contributed by atoms with E-state index < -0.39 is 9.84 Å². The molecular weight excluding hydrogens is 284 g/mol. The van der Waals surface area contributed by atoms with Crippen LogP contribution in [-0.4, -0.2) is 40.3 Å². The van der Waals surface area contributed by atoms with Gasteiger partial charge in [0.2, 0.25) is 0 Å². The van der Waals surface area contributed by atoms with E-state index in [0.717, 1.165) is 31.7 Å². The molecule has 0 aliphatic carbocycles. The zero-order valence-electron chi connectivity index (χ0n) is 13.0. The van der Waals surface area contributed by atoms with Crippen LogP contribution in [0.3, 0.4) is 0 Å². The number of rotatable bonds is 6. The van der Waals surface area contributed by atoms with Crippen molar-refractivity contribution in [3.8, 4) is 0 Å². The first-order valence-electron chi connectivity index (χ1n) is 7.80. The fraction of sp³-hybridized carbons (Fsp3) is 0.625. The van der Waals surface area contributed by atoms with E-state index in [9.17, 15) is 8.42 Å². The highest BCUT2D eigenvalue weighted by Crippen LogP contribution is 2.25. The van der Waals surface area contributed by atoms with Crippen molar-refractivity contribution in [3.63, 3.8) is 0 Å². The van der Waals surface area contributed by atoms with Gasteiger partial charge in [0.1, 0.15) is 0 Å². The first-order chi connectivity index (χ1) is 10.0. The number of anilines is 1. The van der Waals surface area contributed by atoms with Crippen LogP contribution in [0.15, 0.2) is 29.2 Å². The molecule has 21 heavy (non-hydrogen) atoms. The second kappa shape index (κ2) is 7.27. The van der Waals surface area contributed by atoms with Crippen molar-refractivity contribution < 1.29 is 8.42 Å². The molecule has 1 saturated heterocycles. The molecule has 118 valence electrons. The maximum absolute atomic E-state index is 11.5. The lowest BCUT2D eigenvalue weighted by Gasteiger charge is -2.38. The molecule has 0 saturated carbocycles. The normalized spacial score (nSPS) is 19.7. The van der Waals surface area contributed by atoms with E-state index in [1.54, 1.807) is 12.1 Å². The minimum Gasteiger partial charge on any atom is -0.367 e. The Morgan fingerprint density at radius 1 is 1.24 bits per heavy atom. The van der Waals surface area contributed by atoms with Crippen molar-refractivity contribution in [2.75, 3.05) is 30.8 Å². The molecule has 1 atom stereocenters. The van der Waals surface area contributed by atoms with Gasteiger partial charge in [-0.2, -0.15) is 0 Å². The van der Waals surface area contributed by atoms with Gasteiger partial charge in [-0.15, -0.1) is 0 Å². The van der Waals surface area contributed by atoms with Crippen molar-refractivity contribution in [2.24, 2.45) is 0 Å². The van der Waals surface area contributed by atoms with Gasteiger partial charge in [-0.1, -0.05) is 6.92 Å². The first kappa shape index (κ1) is 16.3. The van der Waals surface area contributed by atoms with Gasteiger partial charge < -0.3 is 10.2 Å². The Morgan fingerprint density at radius 2 is 1.95 bits per heavy atom. The molecular formula is C16H26N2O2S. The van der Waals surface area contributed by atoms with E-state index in [4.69, 9.17) is 0 Å². The van der Waals surface area contributed by atoms with Gasteiger partial charge in [0, 0.05) is 31.1 Å². The summed E-state index contributed by atoms with van der Waals surface area (Å²) >= 11 is 0. The van der Waals surface area contributed by atoms with Gasteiger partial charge in [-0.25, -0.2) is 8.42 Å². The van der Waals surface area contributed by atoms with Crippen LogP contribution in [0.25, 0.3) is 0 Å². The van der Waals surface area contributed by atoms with Crippen LogP contribution >= 0.6 is 0 Å². The lowest BCUT2D eigenvalue weighted by molar-refractivity contribution is 0.435. The lowest BCUT2D eigenvalue weighted by Crippen LogP contribution is -2.45. The third-order valence-electron chi connectivity index (χ3n) is 4.03. The Hall–Kier alpha value is -1.07. The minimum absolute atomic E-state index is 0.393. The second-order valence-corrected chi connectivity index (χ2v) is 7.83. The number of nitrogens with zero attached hydrogens (tertiary/aromatic N) is 1. The van der Waals surface area contributed by atoms with E-state index in [-0.39, 0.29) is 0 Å². The molecule has 0 amide bonds. The van der Waals surface area contributed by atoms with Crippen molar-refractivity contribution in [1.82, 2.24) is 5.32 Å². The number of sulfone groups is 1. The van der Waals surface area contributed by atoms with E-state index in [0.29, 0.717) is 10.9 Å². The highest BCUT2D eigenvalue weighted by molar-refractivity contribution is 7.90. The molecule has 2 rings (SSSR count). The molecule has 0 aromatic heterocycles. The van der Waals surface area contributed by atoms with Crippen LogP contribution < -0.4 is 10.2 Å². The Bertz CT molecular complexity index is 540. The predicted octanol–water partition coefficient (Wildman–Crippen LogP) is 2.45. The number of hydrogen-bond donors (Lipinski definition) is 1. The maximum Gasteiger partial charge on any atom is 0.175 e. The summed E-state index contributed by atoms with van der Waals surface area (Å²) in [6.45, 7) is 5.28. The summed E-state index contributed by atoms with van der Waals surface area (Å²) in [7, 11) is -3.11. The standard InChI is InChI=1S/C16H26N2O2S/c1-3-11-17-13-15-6-4-5-12-18(15)14-7-9-16(10-8-14)21(2,19)20/h7-10,15,17H,3-6,11-13H2,1-2H3. The van der Waals surface area contributed by atoms with Crippen LogP contribution in [-0.2, 0) is 9.84 Å². The average Bonchev–Trinajstić information content (AvgIpc) is 2.47. The number of piperidine rings is 1. The Balaban J connectivity index is 2.10. The Labute approximate surface area is 128 Å². The van der Waals surface area contributed by atoms with Crippen LogP contribution in [0, 0.1) is 0 Å². The number of benzene rings is 1. The SMILES string of the molecule is CCCNCC1CCCCN1c1ccc(S(C)(=O)=O)cc1. The second-order valence-electron chi connectivity index (χ2n) is 5.81. The molecule has 5 heteroatoms. The summed E-state index contributed by atoms with van der Waals surface area (Å²) in [5.41, 5.74) is 1.13. The van der Waals surface area contributed by atoms with Gasteiger partial charge in [-0.05, 0) is 56.5 Å². The van der Waals surface area contributed by atoms with Crippen LogP contribution in [0.4, 0.5) is 5.69 Å². The molecule has 1 fully saturated rings. The van der Waals surface area contributed by atoms with Gasteiger partial charge in [0.15, 0.2) is 9.84 Å². The van der Waals surface area contributed by atoms with Crippen molar-refractivity contribution in [2.45, 2.75) is 43.5 Å². The summed E-state index contributed by atoms with van der Waals surface area (Å²) in [6, 6.07) is 7.82. The van der Waals surface area contributed by atoms with Gasteiger partial charge in [0.25, 0.3) is 0 Å². The van der Waals surface area contributed by atoms with Crippen molar-refractivity contribution in [3.05, 3.63) is 24.3 Å². The molecule has 4 nitrogen and oxygen atoms in total. The third-order valence-corrected chi connectivity index (χ3v) is 5.16. The molecule has 1 aromatic rings. The van der Waals surface area contributed by atoms with E-state index >= 15 is 0 Å². The zero-order valence-corrected chi connectivity index (χ0v) is 13.8. The smallest absolute Gasteiger partial charge is 0.175 e. The number of nitrogens with one attached hydrogen (secondary N) is 1. The van der Waals surface area contributed by atoms with Crippen molar-refractivity contribution in [1.29, 1.82) is 0 Å². The zero-order chi connectivity index (χ0) is 15.3. The molecule has 0 spiro atoms. The first-order valence-corrected chi connectivity index (χ1v) is 9.69. The van der Waals surface area contributed by atoms with Gasteiger partial charge in [-0.3, -0.25) is 0 Å². The summed E-state index contributed by atoms with van der Waals surface area (Å²) < 4.78 is 23.1. The maximum atomic E-state index is 11.5. The fourth-order valence-electron chi connectivity index (χ4n) is 2.88. The van der Waals surface area contributed by atoms with E-state index in [1.807, 2.05) is 12.1 Å². The predicted molar refractivity (Wildman–Crippen MR) is 87.7 cm³/mol. The summed E-state index contributed by atoms with van der Waals surface area (Å²) in [5.74, 6) is 0. The average molecular weight is 310 g/mol. The molecule has 1 N–H and O–H groups in total. The molecule has 0 radical (unpaired) electrons. The Kier molecular flexibility index (Phi) is 5.65. The van der Waals surface area contributed by atoms with Crippen LogP contribution in [0.2, 0.25) is 0 Å². The van der Waals surface area contributed by atoms with Crippen molar-refractivity contribution >= 4 is 15.5 Å². The minimum atomic E-state index is -3.11. The van der Waals surface area contributed by atoms with Gasteiger partial charge in [0.05, 0.1) is 4.90 Å². The topological polar surface area (TPSA) is 49.4 Å². The molecule has 1 heterocycles. The van der Waals surface area contributed by atoms with Crippen LogP contribution in [0.5, 0.6) is 0 Å². The quantitative estimate of drug-likeness (QED) is 0.820. The third kappa shape index (κ3) is 4.45. The fourth-order valence-corrected chi connectivity index (χ4v) is 3.51. The van der Waals surface area contributed by atoms with Crippen LogP contribution in [0.1, 0.15) is 32.6 Å². The molecule has 1 unspecified atom stereocenters. The molecule has 1 aliphatic heterocycles. The largest absolute Gasteiger partial charge is 0.367 e. The Morgan fingerprint density at radius 3 is 2.57 bits per heavy atom. The lowest BCUT2D eigenvalue weighted by atomic mass is 10.0. The molecule has 0 bridgehead atoms. The van der Waals surface area contributed by atoms with E-state index in [2.05, 4.69) is 17.1 Å². The monoisotopic (exact) mass is 310 g/mol. The highest BCUT2D eigenvalue weighted by Gasteiger charge is 2.22. The molecule has 1 aromatic carbocycles. The van der Waals surface area contributed by atoms with Gasteiger partial charge >= 0.3 is 0 Å². The summed E-state index contributed by atoms with van der Waals surface area (Å²) in [4.78, 5) is 2.81. The number of hydrogen-bond acceptors (Lipinski definition) is 4. The van der Waals surface area contributed by atoms with E-state index in [1.165, 1.54) is 25.5 Å². The molecule has 1 aliphatic rings.